The van der Waals surface area contributed by atoms with Crippen molar-refractivity contribution in [3.63, 3.8) is 0 Å². The molecular formula is C54H32B2O4S2. The molecule has 9 aromatic carbocycles. The van der Waals surface area contributed by atoms with E-state index >= 15 is 0 Å². The highest BCUT2D eigenvalue weighted by Gasteiger charge is 2.49. The highest BCUT2D eigenvalue weighted by atomic mass is 32.2. The van der Waals surface area contributed by atoms with Crippen molar-refractivity contribution in [2.75, 3.05) is 0 Å². The Hall–Kier alpha value is -6.99. The standard InChI is InChI=1S/C54H32B2O4S2/c1-5-17-33(18-6-1)47-51-53(59-41-29-37(57-35-21-9-3-10-22-35)31-45-49(41)55(51)39-25-13-15-27-43(39)61-45)48(34-19-7-2-8-20-34)54-52(47)56-40-26-14-16-28-44(40)62-46-32-38(30-42(60-54)50(46)56)58-36-23-11-4-12-24-36/h1-32H. The van der Waals surface area contributed by atoms with Crippen LogP contribution < -0.4 is 51.7 Å². The molecule has 8 heteroatoms. The molecule has 4 heterocycles. The van der Waals surface area contributed by atoms with Crippen molar-refractivity contribution >= 4 is 69.7 Å². The minimum absolute atomic E-state index is 0.148. The van der Waals surface area contributed by atoms with E-state index in [9.17, 15) is 0 Å². The van der Waals surface area contributed by atoms with Crippen LogP contribution in [0.15, 0.2) is 214 Å². The molecule has 4 nitrogen and oxygen atoms in total. The van der Waals surface area contributed by atoms with Gasteiger partial charge in [-0.1, -0.05) is 168 Å². The summed E-state index contributed by atoms with van der Waals surface area (Å²) in [5.41, 5.74) is 11.3. The van der Waals surface area contributed by atoms with Crippen LogP contribution in [0.1, 0.15) is 0 Å². The lowest BCUT2D eigenvalue weighted by Gasteiger charge is -2.40. The van der Waals surface area contributed by atoms with Crippen molar-refractivity contribution in [3.8, 4) is 68.2 Å². The van der Waals surface area contributed by atoms with Crippen LogP contribution in [0, 0.1) is 0 Å². The molecule has 0 spiro atoms. The van der Waals surface area contributed by atoms with Gasteiger partial charge in [-0.15, -0.1) is 0 Å². The average Bonchev–Trinajstić information content (AvgIpc) is 3.31. The van der Waals surface area contributed by atoms with E-state index in [1.165, 1.54) is 20.7 Å². The number of benzene rings is 9. The smallest absolute Gasteiger partial charge is 0.254 e. The van der Waals surface area contributed by atoms with E-state index in [2.05, 4.69) is 133 Å². The second-order valence-corrected chi connectivity index (χ2v) is 18.0. The third kappa shape index (κ3) is 5.67. The van der Waals surface area contributed by atoms with Gasteiger partial charge in [0.1, 0.15) is 46.0 Å². The van der Waals surface area contributed by atoms with Crippen LogP contribution in [0.3, 0.4) is 0 Å². The lowest BCUT2D eigenvalue weighted by molar-refractivity contribution is 0.451. The summed E-state index contributed by atoms with van der Waals surface area (Å²) in [6, 6.07) is 67.6. The zero-order chi connectivity index (χ0) is 40.7. The van der Waals surface area contributed by atoms with E-state index < -0.39 is 0 Å². The molecule has 13 rings (SSSR count). The van der Waals surface area contributed by atoms with Crippen LogP contribution in [0.5, 0.6) is 46.0 Å². The molecular weight excluding hydrogens is 798 g/mol. The maximum Gasteiger partial charge on any atom is 0.254 e. The van der Waals surface area contributed by atoms with E-state index in [1.807, 2.05) is 60.7 Å². The van der Waals surface area contributed by atoms with Gasteiger partial charge < -0.3 is 18.9 Å². The largest absolute Gasteiger partial charge is 0.457 e. The Morgan fingerprint density at radius 1 is 0.339 bits per heavy atom. The predicted octanol–water partition coefficient (Wildman–Crippen LogP) is 10.8. The Labute approximate surface area is 368 Å². The van der Waals surface area contributed by atoms with Crippen molar-refractivity contribution < 1.29 is 18.9 Å². The summed E-state index contributed by atoms with van der Waals surface area (Å²) in [7, 11) is 0. The molecule has 0 N–H and O–H groups in total. The lowest BCUT2D eigenvalue weighted by Crippen LogP contribution is -2.63. The van der Waals surface area contributed by atoms with E-state index in [-0.39, 0.29) is 13.4 Å². The minimum Gasteiger partial charge on any atom is -0.457 e. The monoisotopic (exact) mass is 830 g/mol. The molecule has 0 saturated carbocycles. The summed E-state index contributed by atoms with van der Waals surface area (Å²) in [5.74, 6) is 6.12. The fourth-order valence-corrected chi connectivity index (χ4v) is 12.1. The first-order valence-corrected chi connectivity index (χ1v) is 22.4. The Balaban J connectivity index is 1.14. The highest BCUT2D eigenvalue weighted by Crippen LogP contribution is 2.50. The van der Waals surface area contributed by atoms with Crippen molar-refractivity contribution in [2.45, 2.75) is 19.6 Å². The van der Waals surface area contributed by atoms with Crippen LogP contribution in [-0.2, 0) is 0 Å². The van der Waals surface area contributed by atoms with Crippen LogP contribution in [0.4, 0.5) is 0 Å². The number of hydrogen-bond donors (Lipinski definition) is 0. The zero-order valence-electron chi connectivity index (χ0n) is 33.1. The summed E-state index contributed by atoms with van der Waals surface area (Å²) in [4.78, 5) is 4.67. The van der Waals surface area contributed by atoms with Crippen molar-refractivity contribution in [3.05, 3.63) is 194 Å². The first kappa shape index (κ1) is 35.7. The molecule has 0 bridgehead atoms. The van der Waals surface area contributed by atoms with Crippen LogP contribution in [0.2, 0.25) is 0 Å². The van der Waals surface area contributed by atoms with Gasteiger partial charge in [0.15, 0.2) is 0 Å². The van der Waals surface area contributed by atoms with Gasteiger partial charge in [0.2, 0.25) is 0 Å². The van der Waals surface area contributed by atoms with Gasteiger partial charge >= 0.3 is 0 Å². The van der Waals surface area contributed by atoms with Crippen LogP contribution in [0.25, 0.3) is 22.3 Å². The number of hydrogen-bond acceptors (Lipinski definition) is 6. The van der Waals surface area contributed by atoms with Gasteiger partial charge in [0.25, 0.3) is 13.4 Å². The van der Waals surface area contributed by atoms with Crippen LogP contribution in [-0.4, -0.2) is 13.4 Å². The number of rotatable bonds is 6. The van der Waals surface area contributed by atoms with Gasteiger partial charge in [-0.3, -0.25) is 0 Å². The first-order valence-electron chi connectivity index (χ1n) is 20.8. The normalized spacial score (nSPS) is 13.2. The summed E-state index contributed by atoms with van der Waals surface area (Å²) in [6.07, 6.45) is 0. The predicted molar refractivity (Wildman–Crippen MR) is 254 cm³/mol. The number of para-hydroxylation sites is 2. The third-order valence-corrected chi connectivity index (χ3v) is 14.5. The van der Waals surface area contributed by atoms with E-state index in [0.717, 1.165) is 99.9 Å². The molecule has 0 unspecified atom stereocenters. The van der Waals surface area contributed by atoms with E-state index in [0.29, 0.717) is 0 Å². The molecule has 0 aromatic heterocycles. The van der Waals surface area contributed by atoms with E-state index in [1.54, 1.807) is 23.5 Å². The average molecular weight is 831 g/mol. The molecule has 0 radical (unpaired) electrons. The van der Waals surface area contributed by atoms with Crippen molar-refractivity contribution in [2.24, 2.45) is 0 Å². The molecule has 4 aliphatic heterocycles. The molecule has 62 heavy (non-hydrogen) atoms. The molecule has 0 atom stereocenters. The molecule has 0 amide bonds. The molecule has 0 saturated heterocycles. The summed E-state index contributed by atoms with van der Waals surface area (Å²) < 4.78 is 28.1. The van der Waals surface area contributed by atoms with Gasteiger partial charge in [-0.25, -0.2) is 0 Å². The Morgan fingerprint density at radius 3 is 1.18 bits per heavy atom. The second kappa shape index (κ2) is 14.3. The van der Waals surface area contributed by atoms with E-state index in [4.69, 9.17) is 18.9 Å². The van der Waals surface area contributed by atoms with Crippen LogP contribution >= 0.6 is 23.5 Å². The Bertz CT molecular complexity index is 3080. The molecule has 0 fully saturated rings. The van der Waals surface area contributed by atoms with Gasteiger partial charge in [0.05, 0.1) is 5.56 Å². The minimum atomic E-state index is -0.148. The lowest BCUT2D eigenvalue weighted by atomic mass is 9.30. The van der Waals surface area contributed by atoms with Gasteiger partial charge in [0, 0.05) is 31.7 Å². The summed E-state index contributed by atoms with van der Waals surface area (Å²) >= 11 is 3.56. The highest BCUT2D eigenvalue weighted by molar-refractivity contribution is 8.00. The Kier molecular flexibility index (Phi) is 8.24. The zero-order valence-corrected chi connectivity index (χ0v) is 34.7. The van der Waals surface area contributed by atoms with Crippen molar-refractivity contribution in [1.82, 2.24) is 0 Å². The SMILES string of the molecule is c1ccc(Oc2cc3c4c(c2)Sc2ccccc2B4c2c(c(-c4ccccc4)c4c(c2-c2ccccc2)B2c5ccccc5Sc5cc(Oc6ccccc6)cc(c52)O4)O3)cc1. The van der Waals surface area contributed by atoms with Gasteiger partial charge in [-0.05, 0) is 87.1 Å². The molecule has 4 aliphatic rings. The number of ether oxygens (including phenoxy) is 4. The first-order chi connectivity index (χ1) is 30.7. The summed E-state index contributed by atoms with van der Waals surface area (Å²) in [6.45, 7) is -0.295. The fourth-order valence-electron chi connectivity index (χ4n) is 9.71. The molecule has 0 aliphatic carbocycles. The summed E-state index contributed by atoms with van der Waals surface area (Å²) in [5, 5.41) is 0. The third-order valence-electron chi connectivity index (χ3n) is 12.2. The fraction of sp³-hybridized carbons (Fsp3) is 0. The topological polar surface area (TPSA) is 36.9 Å². The maximum absolute atomic E-state index is 7.50. The molecule has 9 aromatic rings. The van der Waals surface area contributed by atoms with Crippen molar-refractivity contribution in [1.29, 1.82) is 0 Å². The number of fused-ring (bicyclic) bond motifs is 8. The second-order valence-electron chi connectivity index (χ2n) is 15.8. The van der Waals surface area contributed by atoms with Gasteiger partial charge in [-0.2, -0.15) is 0 Å². The maximum atomic E-state index is 7.50. The Morgan fingerprint density at radius 2 is 0.726 bits per heavy atom. The quantitative estimate of drug-likeness (QED) is 0.155. The molecule has 290 valence electrons.